The number of rotatable bonds is 5. The highest BCUT2D eigenvalue weighted by Crippen LogP contribution is 2.28. The Morgan fingerprint density at radius 2 is 1.79 bits per heavy atom. The number of fused-ring (bicyclic) bond motifs is 1. The van der Waals surface area contributed by atoms with Crippen molar-refractivity contribution in [2.24, 2.45) is 0 Å². The quantitative estimate of drug-likeness (QED) is 0.418. The molecule has 2 amide bonds. The van der Waals surface area contributed by atoms with Gasteiger partial charge in [0.15, 0.2) is 5.65 Å². The summed E-state index contributed by atoms with van der Waals surface area (Å²) in [6.07, 6.45) is 2.53. The monoisotopic (exact) mass is 444 g/mol. The zero-order chi connectivity index (χ0) is 24.1. The first kappa shape index (κ1) is 23.3. The van der Waals surface area contributed by atoms with Crippen LogP contribution < -0.4 is 10.2 Å². The summed E-state index contributed by atoms with van der Waals surface area (Å²) in [7, 11) is 12.9. The number of halogens is 2. The standard InChI is InChI=1S/C18H24B6F2N6O/c19-17(20,21)32(18(22,23)24)12-3-9-6-31(29-15(9)27-5-12)14-4-11(1-2-13(14)26)28-16(33)30-7-10(25)8-30/h1-6,10H,7-8,19-24H2,(H,28,33). The van der Waals surface area contributed by atoms with Gasteiger partial charge in [-0.25, -0.2) is 23.2 Å². The van der Waals surface area contributed by atoms with Crippen LogP contribution in [0.15, 0.2) is 36.7 Å². The Morgan fingerprint density at radius 1 is 1.12 bits per heavy atom. The van der Waals surface area contributed by atoms with Gasteiger partial charge in [0, 0.05) is 17.3 Å². The third-order valence-corrected chi connectivity index (χ3v) is 5.51. The topological polar surface area (TPSA) is 66.3 Å². The molecule has 4 rings (SSSR count). The van der Waals surface area contributed by atoms with Crippen LogP contribution >= 0.6 is 0 Å². The number of carbonyl (C=O) groups is 1. The van der Waals surface area contributed by atoms with Crippen LogP contribution in [0.2, 0.25) is 0 Å². The highest BCUT2D eigenvalue weighted by Gasteiger charge is 2.32. The SMILES string of the molecule is BC(B)(B)N(c1cnc2nn(-c3cc(NC(=O)N4CC(F)C4)ccc3F)cc2c1)C(B)(B)B. The number of aromatic nitrogens is 3. The summed E-state index contributed by atoms with van der Waals surface area (Å²) in [4.78, 5) is 20.4. The summed E-state index contributed by atoms with van der Waals surface area (Å²) in [6, 6.07) is 5.83. The first-order valence-electron chi connectivity index (χ1n) is 11.0. The van der Waals surface area contributed by atoms with Gasteiger partial charge in [0.25, 0.3) is 0 Å². The lowest BCUT2D eigenvalue weighted by atomic mass is 9.40. The third-order valence-electron chi connectivity index (χ3n) is 5.51. The van der Waals surface area contributed by atoms with Crippen LogP contribution in [0.25, 0.3) is 16.7 Å². The summed E-state index contributed by atoms with van der Waals surface area (Å²) < 4.78 is 29.1. The Labute approximate surface area is 197 Å². The maximum Gasteiger partial charge on any atom is 0.322 e. The Bertz CT molecular complexity index is 1190. The molecule has 15 heteroatoms. The van der Waals surface area contributed by atoms with Gasteiger partial charge in [0.2, 0.25) is 0 Å². The van der Waals surface area contributed by atoms with Crippen molar-refractivity contribution in [2.45, 2.75) is 16.6 Å². The maximum absolute atomic E-state index is 14.7. The first-order valence-corrected chi connectivity index (χ1v) is 11.0. The molecule has 1 aromatic carbocycles. The molecule has 0 unspecified atom stereocenters. The van der Waals surface area contributed by atoms with Crippen molar-refractivity contribution in [1.82, 2.24) is 19.7 Å². The van der Waals surface area contributed by atoms with E-state index in [0.717, 1.165) is 11.1 Å². The zero-order valence-electron chi connectivity index (χ0n) is 19.9. The normalized spacial score (nSPS) is 14.8. The third kappa shape index (κ3) is 4.77. The maximum atomic E-state index is 14.7. The molecule has 1 aliphatic heterocycles. The molecule has 0 atom stereocenters. The van der Waals surface area contributed by atoms with Crippen LogP contribution in [0.5, 0.6) is 0 Å². The number of hydrogen-bond donors (Lipinski definition) is 1. The number of likely N-dealkylation sites (tertiary alicyclic amines) is 1. The lowest BCUT2D eigenvalue weighted by Gasteiger charge is -2.49. The van der Waals surface area contributed by atoms with Crippen molar-refractivity contribution in [3.63, 3.8) is 0 Å². The molecule has 0 aliphatic carbocycles. The Hall–Kier alpha value is -2.84. The fraction of sp³-hybridized carbons (Fsp3) is 0.278. The van der Waals surface area contributed by atoms with Gasteiger partial charge in [-0.05, 0) is 34.7 Å². The van der Waals surface area contributed by atoms with E-state index in [9.17, 15) is 13.6 Å². The molecular formula is C18H24B6F2N6O. The van der Waals surface area contributed by atoms with Crippen LogP contribution in [0.3, 0.4) is 0 Å². The molecule has 2 aromatic heterocycles. The van der Waals surface area contributed by atoms with Gasteiger partial charge in [0.05, 0.1) is 25.0 Å². The van der Waals surface area contributed by atoms with E-state index < -0.39 is 18.0 Å². The number of alkyl halides is 1. The van der Waals surface area contributed by atoms with Crippen molar-refractivity contribution >= 4 is 75.5 Å². The molecule has 3 aromatic rings. The van der Waals surface area contributed by atoms with E-state index in [1.165, 1.54) is 27.8 Å². The molecule has 7 nitrogen and oxygen atoms in total. The number of nitrogens with zero attached hydrogens (tertiary/aromatic N) is 5. The number of carbonyl (C=O) groups excluding carboxylic acids is 1. The van der Waals surface area contributed by atoms with Crippen molar-refractivity contribution in [2.75, 3.05) is 23.3 Å². The molecule has 33 heavy (non-hydrogen) atoms. The van der Waals surface area contributed by atoms with Gasteiger partial charge in [-0.2, -0.15) is 0 Å². The Kier molecular flexibility index (Phi) is 5.78. The van der Waals surface area contributed by atoms with E-state index in [2.05, 4.69) is 67.4 Å². The van der Waals surface area contributed by atoms with Gasteiger partial charge < -0.3 is 15.1 Å². The summed E-state index contributed by atoms with van der Waals surface area (Å²) in [6.45, 7) is 0.136. The van der Waals surface area contributed by atoms with Crippen molar-refractivity contribution in [1.29, 1.82) is 0 Å². The average Bonchev–Trinajstić information content (AvgIpc) is 3.07. The second-order valence-corrected chi connectivity index (χ2v) is 10.5. The highest BCUT2D eigenvalue weighted by atomic mass is 19.1. The number of urea groups is 1. The van der Waals surface area contributed by atoms with E-state index in [1.807, 2.05) is 6.07 Å². The molecule has 1 N–H and O–H groups in total. The molecule has 3 heterocycles. The summed E-state index contributed by atoms with van der Waals surface area (Å²) in [5.41, 5.74) is 2.02. The van der Waals surface area contributed by atoms with Crippen LogP contribution in [0.1, 0.15) is 0 Å². The molecular weight excluding hydrogens is 419 g/mol. The molecule has 1 fully saturated rings. The number of nitrogens with one attached hydrogen (secondary N) is 1. The predicted octanol–water partition coefficient (Wildman–Crippen LogP) is -3.43. The lowest BCUT2D eigenvalue weighted by molar-refractivity contribution is 0.0974. The van der Waals surface area contributed by atoms with Crippen molar-refractivity contribution in [3.05, 3.63) is 42.5 Å². The minimum atomic E-state index is -0.985. The molecule has 1 saturated heterocycles. The first-order chi connectivity index (χ1) is 15.3. The second-order valence-electron chi connectivity index (χ2n) is 10.5. The minimum Gasteiger partial charge on any atom is -0.406 e. The van der Waals surface area contributed by atoms with Crippen LogP contribution in [-0.2, 0) is 0 Å². The van der Waals surface area contributed by atoms with Gasteiger partial charge in [-0.3, -0.25) is 0 Å². The van der Waals surface area contributed by atoms with E-state index in [0.29, 0.717) is 11.3 Å². The second kappa shape index (κ2) is 8.18. The smallest absolute Gasteiger partial charge is 0.322 e. The lowest BCUT2D eigenvalue weighted by Crippen LogP contribution is -2.64. The molecule has 1 aliphatic rings. The predicted molar refractivity (Wildman–Crippen MR) is 144 cm³/mol. The van der Waals surface area contributed by atoms with Gasteiger partial charge in [-0.15, -0.1) is 5.10 Å². The zero-order valence-corrected chi connectivity index (χ0v) is 19.9. The largest absolute Gasteiger partial charge is 0.406 e. The molecule has 0 bridgehead atoms. The molecule has 164 valence electrons. The number of amides is 2. The van der Waals surface area contributed by atoms with E-state index in [1.54, 1.807) is 12.4 Å². The van der Waals surface area contributed by atoms with E-state index >= 15 is 0 Å². The fourth-order valence-electron chi connectivity index (χ4n) is 4.49. The molecule has 0 spiro atoms. The van der Waals surface area contributed by atoms with Gasteiger partial charge in [-0.1, -0.05) is 0 Å². The van der Waals surface area contributed by atoms with Crippen molar-refractivity contribution < 1.29 is 13.6 Å². The summed E-state index contributed by atoms with van der Waals surface area (Å²) >= 11 is 0. The van der Waals surface area contributed by atoms with E-state index in [4.69, 9.17) is 0 Å². The van der Waals surface area contributed by atoms with Crippen LogP contribution in [0, 0.1) is 5.82 Å². The van der Waals surface area contributed by atoms with E-state index in [-0.39, 0.29) is 29.3 Å². The fourth-order valence-corrected chi connectivity index (χ4v) is 4.49. The molecule has 0 radical (unpaired) electrons. The van der Waals surface area contributed by atoms with Gasteiger partial charge in [0.1, 0.15) is 64.8 Å². The minimum absolute atomic E-state index is 0.0680. The number of anilines is 2. The van der Waals surface area contributed by atoms with Crippen LogP contribution in [0.4, 0.5) is 25.0 Å². The Balaban J connectivity index is 1.66. The number of benzene rings is 1. The van der Waals surface area contributed by atoms with Crippen LogP contribution in [-0.4, -0.2) is 103 Å². The number of pyridine rings is 1. The summed E-state index contributed by atoms with van der Waals surface area (Å²) in [5.74, 6) is -0.486. The van der Waals surface area contributed by atoms with Crippen molar-refractivity contribution in [3.8, 4) is 5.69 Å². The van der Waals surface area contributed by atoms with Gasteiger partial charge >= 0.3 is 6.03 Å². The molecule has 0 saturated carbocycles. The highest BCUT2D eigenvalue weighted by molar-refractivity contribution is 6.66. The number of hydrogen-bond acceptors (Lipinski definition) is 4. The average molecular weight is 443 g/mol. The summed E-state index contributed by atoms with van der Waals surface area (Å²) in [5, 5.41) is 7.62. The Morgan fingerprint density at radius 3 is 2.39 bits per heavy atom.